The first-order chi connectivity index (χ1) is 9.55. The van der Waals surface area contributed by atoms with Gasteiger partial charge in [0.2, 0.25) is 0 Å². The second kappa shape index (κ2) is 28.6. The Bertz CT molecular complexity index is 223. The van der Waals surface area contributed by atoms with Crippen molar-refractivity contribution in [2.45, 2.75) is 20.8 Å². The average Bonchev–Trinajstić information content (AvgIpc) is 3.02. The zero-order chi connectivity index (χ0) is 16.2. The summed E-state index contributed by atoms with van der Waals surface area (Å²) in [6.07, 6.45) is 0. The van der Waals surface area contributed by atoms with E-state index in [0.29, 0.717) is 0 Å². The van der Waals surface area contributed by atoms with E-state index >= 15 is 0 Å². The zero-order valence-corrected chi connectivity index (χ0v) is 20.1. The van der Waals surface area contributed by atoms with Crippen LogP contribution in [0.5, 0.6) is 0 Å². The Morgan fingerprint density at radius 1 is 0.810 bits per heavy atom. The molecule has 3 nitrogen and oxygen atoms in total. The molecule has 7 heteroatoms. The summed E-state index contributed by atoms with van der Waals surface area (Å²) in [7, 11) is 5.42. The molecule has 21 heavy (non-hydrogen) atoms. The molecular formula is C14H29F2GeHfN3. The van der Waals surface area contributed by atoms with E-state index in [1.807, 2.05) is 20.8 Å². The quantitative estimate of drug-likeness (QED) is 0.422. The van der Waals surface area contributed by atoms with E-state index < -0.39 is 15.3 Å². The van der Waals surface area contributed by atoms with Crippen LogP contribution in [0.2, 0.25) is 0 Å². The molecule has 0 heterocycles. The monoisotopic (exact) mass is 531 g/mol. The maximum atomic E-state index is 11.8. The predicted molar refractivity (Wildman–Crippen MR) is 90.5 cm³/mol. The van der Waals surface area contributed by atoms with Gasteiger partial charge in [-0.2, -0.15) is 40.8 Å². The van der Waals surface area contributed by atoms with Crippen LogP contribution in [0.1, 0.15) is 20.8 Å². The smallest absolute Gasteiger partial charge is 4.00 e. The molecule has 1 aromatic rings. The van der Waals surface area contributed by atoms with Gasteiger partial charge in [0.1, 0.15) is 0 Å². The third-order valence-corrected chi connectivity index (χ3v) is 3.75. The third-order valence-electron chi connectivity index (χ3n) is 1.89. The van der Waals surface area contributed by atoms with Crippen LogP contribution >= 0.6 is 0 Å². The summed E-state index contributed by atoms with van der Waals surface area (Å²) in [5.74, 6) is 0. The zero-order valence-electron chi connectivity index (χ0n) is 14.1. The van der Waals surface area contributed by atoms with Gasteiger partial charge in [0, 0.05) is 0 Å². The maximum absolute atomic E-state index is 11.8. The Balaban J connectivity index is -0.0000000973. The molecule has 0 amide bonds. The second-order valence-electron chi connectivity index (χ2n) is 3.42. The van der Waals surface area contributed by atoms with Gasteiger partial charge in [0.05, 0.1) is 0 Å². The molecule has 0 spiro atoms. The molecule has 0 radical (unpaired) electrons. The Kier molecular flexibility index (Phi) is 40.2. The summed E-state index contributed by atoms with van der Waals surface area (Å²) < 4.78 is 23.9. The predicted octanol–water partition coefficient (Wildman–Crippen LogP) is 3.80. The van der Waals surface area contributed by atoms with E-state index in [4.69, 9.17) is 0 Å². The van der Waals surface area contributed by atoms with E-state index in [0.717, 1.165) is 19.6 Å². The number of hydrogen-bond acceptors (Lipinski definition) is 0. The van der Waals surface area contributed by atoms with Crippen molar-refractivity contribution in [3.63, 3.8) is 0 Å². The van der Waals surface area contributed by atoms with Gasteiger partial charge in [-0.05, 0) is 0 Å². The number of nitrogens with zero attached hydrogens (tertiary/aromatic N) is 3. The maximum Gasteiger partial charge on any atom is 4.00 e. The minimum absolute atomic E-state index is 0. The minimum atomic E-state index is -3.89. The molecule has 0 atom stereocenters. The molecule has 0 aliphatic heterocycles. The SMILES string of the molecule is CC[N-]C.CC[N-]C.CC[N-]C.[F][GeH]([F])[c-]1cccc1.[Hf+4]. The summed E-state index contributed by atoms with van der Waals surface area (Å²) in [6, 6.07) is 6.27. The van der Waals surface area contributed by atoms with Crippen molar-refractivity contribution >= 4 is 19.7 Å². The van der Waals surface area contributed by atoms with Crippen LogP contribution in [-0.4, -0.2) is 56.1 Å². The van der Waals surface area contributed by atoms with Crippen LogP contribution in [0.25, 0.3) is 16.0 Å². The van der Waals surface area contributed by atoms with Gasteiger partial charge in [-0.25, -0.2) is 0 Å². The van der Waals surface area contributed by atoms with E-state index in [1.54, 1.807) is 33.3 Å². The minimum Gasteiger partial charge on any atom is 4.00 e. The standard InChI is InChI=1S/C5H5F2Ge.3C3H8N.Hf/c6-8(7)5-3-1-2-4-5;3*1-3-4-2;/h1-4,8H;3*3H2,1-2H3;/q4*-1;+4. The van der Waals surface area contributed by atoms with Gasteiger partial charge in [-0.1, -0.05) is 20.8 Å². The Hall–Kier alpha value is 0.503. The molecule has 0 saturated heterocycles. The number of rotatable bonds is 4. The first-order valence-electron chi connectivity index (χ1n) is 6.71. The molecule has 0 aromatic heterocycles. The van der Waals surface area contributed by atoms with Crippen molar-refractivity contribution in [1.29, 1.82) is 0 Å². The van der Waals surface area contributed by atoms with Gasteiger partial charge >= 0.3 is 76.8 Å². The molecular weight excluding hydrogens is 499 g/mol. The van der Waals surface area contributed by atoms with Gasteiger partial charge in [0.25, 0.3) is 0 Å². The second-order valence-corrected chi connectivity index (χ2v) is 6.08. The van der Waals surface area contributed by atoms with E-state index in [1.165, 1.54) is 12.1 Å². The fourth-order valence-corrected chi connectivity index (χ4v) is 1.61. The van der Waals surface area contributed by atoms with E-state index in [9.17, 15) is 7.00 Å². The topological polar surface area (TPSA) is 42.3 Å². The summed E-state index contributed by atoms with van der Waals surface area (Å²) in [6.45, 7) is 8.88. The van der Waals surface area contributed by atoms with Crippen LogP contribution in [0.4, 0.5) is 7.00 Å². The van der Waals surface area contributed by atoms with Crippen molar-refractivity contribution in [2.75, 3.05) is 40.8 Å². The third kappa shape index (κ3) is 33.4. The summed E-state index contributed by atoms with van der Waals surface area (Å²) in [5, 5.41) is 11.2. The fourth-order valence-electron chi connectivity index (χ4n) is 0.534. The molecule has 0 aliphatic rings. The van der Waals surface area contributed by atoms with Crippen molar-refractivity contribution in [3.05, 3.63) is 40.2 Å². The van der Waals surface area contributed by atoms with Gasteiger partial charge < -0.3 is 16.0 Å². The molecule has 0 aliphatic carbocycles. The van der Waals surface area contributed by atoms with Crippen LogP contribution in [0.15, 0.2) is 24.3 Å². The molecule has 0 unspecified atom stereocenters. The normalized spacial score (nSPS) is 8.24. The summed E-state index contributed by atoms with van der Waals surface area (Å²) >= 11 is -3.89. The largest absolute Gasteiger partial charge is 4.00 e. The Morgan fingerprint density at radius 2 is 1.05 bits per heavy atom. The average molecular weight is 529 g/mol. The van der Waals surface area contributed by atoms with Gasteiger partial charge in [-0.3, -0.25) is 0 Å². The molecule has 1 aromatic carbocycles. The molecule has 0 fully saturated rings. The summed E-state index contributed by atoms with van der Waals surface area (Å²) in [4.78, 5) is 0. The van der Waals surface area contributed by atoms with Gasteiger partial charge in [0.15, 0.2) is 0 Å². The van der Waals surface area contributed by atoms with Crippen LogP contribution < -0.4 is 4.40 Å². The molecule has 0 saturated carbocycles. The Morgan fingerprint density at radius 3 is 1.14 bits per heavy atom. The molecule has 1 rings (SSSR count). The summed E-state index contributed by atoms with van der Waals surface area (Å²) in [5.41, 5.74) is 0. The van der Waals surface area contributed by atoms with E-state index in [-0.39, 0.29) is 30.2 Å². The van der Waals surface area contributed by atoms with Crippen LogP contribution in [0.3, 0.4) is 0 Å². The number of halogens is 2. The van der Waals surface area contributed by atoms with Gasteiger partial charge in [-0.15, -0.1) is 0 Å². The molecule has 0 bridgehead atoms. The first-order valence-corrected chi connectivity index (χ1v) is 9.76. The van der Waals surface area contributed by atoms with Crippen molar-refractivity contribution in [3.8, 4) is 0 Å². The van der Waals surface area contributed by atoms with Crippen LogP contribution in [0, 0.1) is 0 Å². The van der Waals surface area contributed by atoms with Crippen molar-refractivity contribution in [1.82, 2.24) is 0 Å². The number of hydrogen-bond donors (Lipinski definition) is 0. The Labute approximate surface area is 153 Å². The van der Waals surface area contributed by atoms with Crippen molar-refractivity contribution < 1.29 is 32.8 Å². The molecule has 0 N–H and O–H groups in total. The fraction of sp³-hybridized carbons (Fsp3) is 0.643. The first kappa shape index (κ1) is 29.5. The molecule has 122 valence electrons. The van der Waals surface area contributed by atoms with Crippen LogP contribution in [-0.2, 0) is 25.8 Å². The van der Waals surface area contributed by atoms with Crippen molar-refractivity contribution in [2.24, 2.45) is 0 Å². The van der Waals surface area contributed by atoms with E-state index in [2.05, 4.69) is 16.0 Å².